The molecule has 0 radical (unpaired) electrons. The van der Waals surface area contributed by atoms with Crippen molar-refractivity contribution in [1.29, 1.82) is 0 Å². The average molecular weight is 238 g/mol. The Balaban J connectivity index is 1.74. The van der Waals surface area contributed by atoms with E-state index in [1.807, 2.05) is 0 Å². The van der Waals surface area contributed by atoms with Crippen molar-refractivity contribution in [3.8, 4) is 0 Å². The van der Waals surface area contributed by atoms with E-state index in [0.717, 1.165) is 11.3 Å². The fourth-order valence-electron chi connectivity index (χ4n) is 3.61. The van der Waals surface area contributed by atoms with Crippen LogP contribution in [0.5, 0.6) is 0 Å². The Morgan fingerprint density at radius 1 is 1.06 bits per heavy atom. The number of rotatable bonds is 3. The summed E-state index contributed by atoms with van der Waals surface area (Å²) in [6.45, 7) is 3.95. The van der Waals surface area contributed by atoms with Crippen molar-refractivity contribution in [2.45, 2.75) is 44.9 Å². The molecule has 0 unspecified atom stereocenters. The first-order valence-electron chi connectivity index (χ1n) is 7.43. The van der Waals surface area contributed by atoms with Crippen LogP contribution >= 0.6 is 0 Å². The molecule has 0 bridgehead atoms. The van der Waals surface area contributed by atoms with Crippen molar-refractivity contribution >= 4 is 0 Å². The predicted octanol–water partition coefficient (Wildman–Crippen LogP) is 2.84. The molecule has 100 valence electrons. The molecule has 0 aromatic carbocycles. The molecule has 0 aromatic heterocycles. The zero-order valence-electron chi connectivity index (χ0n) is 12.0. The Morgan fingerprint density at radius 2 is 1.65 bits per heavy atom. The van der Waals surface area contributed by atoms with Crippen LogP contribution in [0.2, 0.25) is 0 Å². The van der Waals surface area contributed by atoms with Crippen LogP contribution < -0.4 is 0 Å². The summed E-state index contributed by atoms with van der Waals surface area (Å²) in [6, 6.07) is 0. The molecule has 0 atom stereocenters. The van der Waals surface area contributed by atoms with E-state index < -0.39 is 0 Å². The predicted molar refractivity (Wildman–Crippen MR) is 74.3 cm³/mol. The molecule has 2 rings (SSSR count). The van der Waals surface area contributed by atoms with Crippen LogP contribution in [0.3, 0.4) is 0 Å². The van der Waals surface area contributed by atoms with E-state index in [1.165, 1.54) is 64.6 Å². The van der Waals surface area contributed by atoms with Gasteiger partial charge in [-0.15, -0.1) is 0 Å². The topological polar surface area (TPSA) is 6.48 Å². The fourth-order valence-corrected chi connectivity index (χ4v) is 3.61. The van der Waals surface area contributed by atoms with Gasteiger partial charge in [-0.05, 0) is 97.1 Å². The van der Waals surface area contributed by atoms with Crippen molar-refractivity contribution in [2.75, 3.05) is 40.8 Å². The highest BCUT2D eigenvalue weighted by atomic mass is 15.1. The molecule has 17 heavy (non-hydrogen) atoms. The monoisotopic (exact) mass is 238 g/mol. The van der Waals surface area contributed by atoms with Crippen molar-refractivity contribution < 1.29 is 0 Å². The Morgan fingerprint density at radius 3 is 2.18 bits per heavy atom. The lowest BCUT2D eigenvalue weighted by atomic mass is 9.65. The van der Waals surface area contributed by atoms with Crippen LogP contribution in [0.15, 0.2) is 0 Å². The third-order valence-corrected chi connectivity index (χ3v) is 5.20. The number of piperidine rings is 1. The minimum absolute atomic E-state index is 0.751. The maximum absolute atomic E-state index is 2.50. The van der Waals surface area contributed by atoms with Gasteiger partial charge in [0.2, 0.25) is 0 Å². The number of nitrogens with zero attached hydrogens (tertiary/aromatic N) is 2. The van der Waals surface area contributed by atoms with Crippen LogP contribution in [-0.4, -0.2) is 50.6 Å². The van der Waals surface area contributed by atoms with E-state index in [1.54, 1.807) is 0 Å². The molecule has 2 nitrogen and oxygen atoms in total. The second-order valence-corrected chi connectivity index (χ2v) is 6.84. The highest BCUT2D eigenvalue weighted by molar-refractivity contribution is 4.89. The number of hydrogen-bond donors (Lipinski definition) is 0. The van der Waals surface area contributed by atoms with Crippen molar-refractivity contribution in [1.82, 2.24) is 9.80 Å². The van der Waals surface area contributed by atoms with Gasteiger partial charge in [-0.2, -0.15) is 0 Å². The smallest absolute Gasteiger partial charge is 0.00165 e. The molecule has 0 amide bonds. The number of likely N-dealkylation sites (tertiary alicyclic amines) is 1. The zero-order valence-corrected chi connectivity index (χ0v) is 12.0. The second-order valence-electron chi connectivity index (χ2n) is 6.84. The minimum atomic E-state index is 0.751. The summed E-state index contributed by atoms with van der Waals surface area (Å²) in [5.41, 5.74) is 0.751. The lowest BCUT2D eigenvalue weighted by molar-refractivity contribution is 0.0596. The Kier molecular flexibility index (Phi) is 4.48. The van der Waals surface area contributed by atoms with Gasteiger partial charge < -0.3 is 9.80 Å². The molecule has 1 aliphatic carbocycles. The molecular formula is C15H30N2. The van der Waals surface area contributed by atoms with Gasteiger partial charge in [-0.3, -0.25) is 0 Å². The Bertz CT molecular complexity index is 219. The normalized spacial score (nSPS) is 26.8. The first kappa shape index (κ1) is 13.4. The Hall–Kier alpha value is -0.0800. The molecule has 1 aliphatic heterocycles. The largest absolute Gasteiger partial charge is 0.309 e. The van der Waals surface area contributed by atoms with Crippen LogP contribution in [-0.2, 0) is 0 Å². The zero-order chi connectivity index (χ0) is 12.3. The van der Waals surface area contributed by atoms with Crippen molar-refractivity contribution in [3.63, 3.8) is 0 Å². The summed E-state index contributed by atoms with van der Waals surface area (Å²) in [6.07, 6.45) is 10.4. The van der Waals surface area contributed by atoms with Gasteiger partial charge in [0.05, 0.1) is 0 Å². The molecule has 1 heterocycles. The van der Waals surface area contributed by atoms with Gasteiger partial charge in [-0.1, -0.05) is 0 Å². The summed E-state index contributed by atoms with van der Waals surface area (Å²) in [7, 11) is 6.66. The van der Waals surface area contributed by atoms with Crippen molar-refractivity contribution in [2.24, 2.45) is 11.3 Å². The first-order chi connectivity index (χ1) is 8.10. The third-order valence-electron chi connectivity index (χ3n) is 5.20. The van der Waals surface area contributed by atoms with E-state index >= 15 is 0 Å². The number of hydrogen-bond acceptors (Lipinski definition) is 2. The first-order valence-corrected chi connectivity index (χ1v) is 7.43. The molecule has 2 fully saturated rings. The van der Waals surface area contributed by atoms with E-state index in [-0.39, 0.29) is 0 Å². The van der Waals surface area contributed by atoms with E-state index in [4.69, 9.17) is 0 Å². The van der Waals surface area contributed by atoms with Gasteiger partial charge in [0.15, 0.2) is 0 Å². The quantitative estimate of drug-likeness (QED) is 0.746. The van der Waals surface area contributed by atoms with Gasteiger partial charge in [-0.25, -0.2) is 0 Å². The van der Waals surface area contributed by atoms with Gasteiger partial charge in [0.25, 0.3) is 0 Å². The van der Waals surface area contributed by atoms with E-state index in [0.29, 0.717) is 0 Å². The highest BCUT2D eigenvalue weighted by Gasteiger charge is 2.36. The fraction of sp³-hybridized carbons (Fsp3) is 1.00. The third kappa shape index (κ3) is 3.69. The molecule has 1 saturated carbocycles. The van der Waals surface area contributed by atoms with Crippen LogP contribution in [0, 0.1) is 11.3 Å². The standard InChI is InChI=1S/C15H30N2/c1-16(2)11-6-14-4-7-15(8-5-14)9-12-17(3)13-10-15/h14H,4-13H2,1-3H3. The SMILES string of the molecule is CN(C)CCC1CCC2(CC1)CCN(C)CC2. The van der Waals surface area contributed by atoms with Gasteiger partial charge >= 0.3 is 0 Å². The maximum atomic E-state index is 2.50. The lowest BCUT2D eigenvalue weighted by Crippen LogP contribution is -2.40. The van der Waals surface area contributed by atoms with Crippen molar-refractivity contribution in [3.05, 3.63) is 0 Å². The van der Waals surface area contributed by atoms with Crippen LogP contribution in [0.25, 0.3) is 0 Å². The average Bonchev–Trinajstić information content (AvgIpc) is 2.33. The molecule has 1 spiro atoms. The Labute approximate surface area is 107 Å². The van der Waals surface area contributed by atoms with Crippen LogP contribution in [0.1, 0.15) is 44.9 Å². The van der Waals surface area contributed by atoms with E-state index in [2.05, 4.69) is 30.9 Å². The maximum Gasteiger partial charge on any atom is -0.00165 e. The summed E-state index contributed by atoms with van der Waals surface area (Å²) in [5.74, 6) is 1.02. The second kappa shape index (κ2) is 5.71. The molecule has 2 heteroatoms. The molecule has 0 N–H and O–H groups in total. The summed E-state index contributed by atoms with van der Waals surface area (Å²) >= 11 is 0. The molecular weight excluding hydrogens is 208 g/mol. The molecule has 1 saturated heterocycles. The van der Waals surface area contributed by atoms with Gasteiger partial charge in [0, 0.05) is 0 Å². The molecule has 0 aromatic rings. The lowest BCUT2D eigenvalue weighted by Gasteiger charge is -2.45. The summed E-state index contributed by atoms with van der Waals surface area (Å²) in [4.78, 5) is 4.84. The minimum Gasteiger partial charge on any atom is -0.309 e. The van der Waals surface area contributed by atoms with Gasteiger partial charge in [0.1, 0.15) is 0 Å². The van der Waals surface area contributed by atoms with E-state index in [9.17, 15) is 0 Å². The highest BCUT2D eigenvalue weighted by Crippen LogP contribution is 2.46. The molecule has 2 aliphatic rings. The van der Waals surface area contributed by atoms with Crippen LogP contribution in [0.4, 0.5) is 0 Å². The summed E-state index contributed by atoms with van der Waals surface area (Å²) in [5, 5.41) is 0. The summed E-state index contributed by atoms with van der Waals surface area (Å²) < 4.78 is 0.